The van der Waals surface area contributed by atoms with E-state index in [0.29, 0.717) is 18.8 Å². The van der Waals surface area contributed by atoms with Crippen LogP contribution in [0.1, 0.15) is 38.5 Å². The van der Waals surface area contributed by atoms with Gasteiger partial charge in [-0.25, -0.2) is 8.42 Å². The van der Waals surface area contributed by atoms with Crippen molar-refractivity contribution in [3.05, 3.63) is 0 Å². The minimum atomic E-state index is -2.86. The van der Waals surface area contributed by atoms with Gasteiger partial charge < -0.3 is 5.11 Å². The van der Waals surface area contributed by atoms with E-state index in [4.69, 9.17) is 0 Å². The Morgan fingerprint density at radius 2 is 2.06 bits per heavy atom. The van der Waals surface area contributed by atoms with Crippen molar-refractivity contribution < 1.29 is 13.5 Å². The predicted molar refractivity (Wildman–Crippen MR) is 63.9 cm³/mol. The van der Waals surface area contributed by atoms with Crippen LogP contribution in [-0.4, -0.2) is 31.6 Å². The summed E-state index contributed by atoms with van der Waals surface area (Å²) in [6.45, 7) is 0. The SMILES string of the molecule is CS(=O)(=O)CCCC(O)C1CC2CCC1C2. The maximum absolute atomic E-state index is 11.0. The lowest BCUT2D eigenvalue weighted by Crippen LogP contribution is -2.26. The second-order valence-corrected chi connectivity index (χ2v) is 7.94. The molecule has 2 bridgehead atoms. The second-order valence-electron chi connectivity index (χ2n) is 5.68. The van der Waals surface area contributed by atoms with Gasteiger partial charge in [0.15, 0.2) is 0 Å². The number of sulfone groups is 1. The zero-order valence-electron chi connectivity index (χ0n) is 9.93. The number of hydrogen-bond donors (Lipinski definition) is 1. The zero-order valence-corrected chi connectivity index (χ0v) is 10.7. The molecular formula is C12H22O3S. The lowest BCUT2D eigenvalue weighted by atomic mass is 9.83. The summed E-state index contributed by atoms with van der Waals surface area (Å²) in [7, 11) is -2.86. The van der Waals surface area contributed by atoms with Crippen LogP contribution in [-0.2, 0) is 9.84 Å². The Kier molecular flexibility index (Phi) is 3.59. The Morgan fingerprint density at radius 3 is 2.56 bits per heavy atom. The standard InChI is InChI=1S/C12H22O3S/c1-16(14,15)6-2-3-12(13)11-8-9-4-5-10(11)7-9/h9-13H,2-8H2,1H3. The highest BCUT2D eigenvalue weighted by molar-refractivity contribution is 7.90. The summed E-state index contributed by atoms with van der Waals surface area (Å²) in [5.74, 6) is 2.24. The number of rotatable bonds is 5. The van der Waals surface area contributed by atoms with Gasteiger partial charge in [-0.2, -0.15) is 0 Å². The van der Waals surface area contributed by atoms with Crippen LogP contribution in [0.3, 0.4) is 0 Å². The van der Waals surface area contributed by atoms with E-state index in [1.54, 1.807) is 0 Å². The van der Waals surface area contributed by atoms with Crippen molar-refractivity contribution in [2.45, 2.75) is 44.6 Å². The van der Waals surface area contributed by atoms with Gasteiger partial charge in [-0.1, -0.05) is 6.42 Å². The molecule has 1 N–H and O–H groups in total. The molecule has 0 aromatic rings. The molecule has 0 aromatic heterocycles. The molecule has 0 saturated heterocycles. The zero-order chi connectivity index (χ0) is 11.8. The molecule has 3 nitrogen and oxygen atoms in total. The summed E-state index contributed by atoms with van der Waals surface area (Å²) < 4.78 is 22.0. The summed E-state index contributed by atoms with van der Waals surface area (Å²) in [6.07, 6.45) is 7.34. The Hall–Kier alpha value is -0.0900. The topological polar surface area (TPSA) is 54.4 Å². The second kappa shape index (κ2) is 4.65. The van der Waals surface area contributed by atoms with E-state index in [1.807, 2.05) is 0 Å². The van der Waals surface area contributed by atoms with Gasteiger partial charge in [0, 0.05) is 12.0 Å². The van der Waals surface area contributed by atoms with Crippen LogP contribution >= 0.6 is 0 Å². The molecule has 0 radical (unpaired) electrons. The first-order chi connectivity index (χ1) is 7.46. The van der Waals surface area contributed by atoms with Gasteiger partial charge in [-0.15, -0.1) is 0 Å². The molecule has 16 heavy (non-hydrogen) atoms. The van der Waals surface area contributed by atoms with E-state index in [-0.39, 0.29) is 11.9 Å². The van der Waals surface area contributed by atoms with Crippen molar-refractivity contribution in [2.75, 3.05) is 12.0 Å². The highest BCUT2D eigenvalue weighted by atomic mass is 32.2. The van der Waals surface area contributed by atoms with Gasteiger partial charge in [0.2, 0.25) is 0 Å². The predicted octanol–water partition coefficient (Wildman–Crippen LogP) is 1.61. The Bertz CT molecular complexity index is 336. The maximum atomic E-state index is 11.0. The molecule has 2 fully saturated rings. The van der Waals surface area contributed by atoms with Crippen LogP contribution in [0.15, 0.2) is 0 Å². The first kappa shape index (κ1) is 12.4. The van der Waals surface area contributed by atoms with Crippen molar-refractivity contribution in [3.8, 4) is 0 Å². The van der Waals surface area contributed by atoms with Gasteiger partial charge >= 0.3 is 0 Å². The molecule has 2 aliphatic rings. The molecule has 2 saturated carbocycles. The smallest absolute Gasteiger partial charge is 0.147 e. The Balaban J connectivity index is 1.74. The molecule has 4 atom stereocenters. The Labute approximate surface area is 98.2 Å². The van der Waals surface area contributed by atoms with Crippen LogP contribution in [0.5, 0.6) is 0 Å². The van der Waals surface area contributed by atoms with E-state index < -0.39 is 9.84 Å². The first-order valence-electron chi connectivity index (χ1n) is 6.31. The van der Waals surface area contributed by atoms with Crippen molar-refractivity contribution in [1.82, 2.24) is 0 Å². The van der Waals surface area contributed by atoms with Crippen molar-refractivity contribution >= 4 is 9.84 Å². The number of hydrogen-bond acceptors (Lipinski definition) is 3. The molecule has 0 aliphatic heterocycles. The molecule has 4 unspecified atom stereocenters. The summed E-state index contributed by atoms with van der Waals surface area (Å²) in [6, 6.07) is 0. The fourth-order valence-corrected chi connectivity index (χ4v) is 4.22. The van der Waals surface area contributed by atoms with E-state index in [0.717, 1.165) is 11.8 Å². The molecular weight excluding hydrogens is 224 g/mol. The van der Waals surface area contributed by atoms with E-state index in [1.165, 1.54) is 31.9 Å². The molecule has 2 aliphatic carbocycles. The van der Waals surface area contributed by atoms with Crippen LogP contribution in [0, 0.1) is 17.8 Å². The van der Waals surface area contributed by atoms with Crippen molar-refractivity contribution in [3.63, 3.8) is 0 Å². The monoisotopic (exact) mass is 246 g/mol. The Morgan fingerprint density at radius 1 is 1.31 bits per heavy atom. The molecule has 0 aromatic carbocycles. The van der Waals surface area contributed by atoms with E-state index in [9.17, 15) is 13.5 Å². The van der Waals surface area contributed by atoms with Crippen molar-refractivity contribution in [1.29, 1.82) is 0 Å². The number of aliphatic hydroxyl groups is 1. The molecule has 4 heteroatoms. The quantitative estimate of drug-likeness (QED) is 0.802. The third-order valence-electron chi connectivity index (χ3n) is 4.30. The molecule has 0 heterocycles. The highest BCUT2D eigenvalue weighted by Gasteiger charge is 2.42. The first-order valence-corrected chi connectivity index (χ1v) is 8.37. The molecule has 2 rings (SSSR count). The lowest BCUT2D eigenvalue weighted by molar-refractivity contribution is 0.0671. The average molecular weight is 246 g/mol. The third kappa shape index (κ3) is 2.98. The summed E-state index contributed by atoms with van der Waals surface area (Å²) in [5.41, 5.74) is 0. The molecule has 0 amide bonds. The van der Waals surface area contributed by atoms with Crippen LogP contribution in [0.4, 0.5) is 0 Å². The van der Waals surface area contributed by atoms with Gasteiger partial charge in [0.05, 0.1) is 6.10 Å². The average Bonchev–Trinajstić information content (AvgIpc) is 2.76. The van der Waals surface area contributed by atoms with Gasteiger partial charge in [0.1, 0.15) is 9.84 Å². The minimum absolute atomic E-state index is 0.213. The highest BCUT2D eigenvalue weighted by Crippen LogP contribution is 2.50. The summed E-state index contributed by atoms with van der Waals surface area (Å²) in [4.78, 5) is 0. The van der Waals surface area contributed by atoms with Gasteiger partial charge in [-0.3, -0.25) is 0 Å². The van der Waals surface area contributed by atoms with Gasteiger partial charge in [-0.05, 0) is 49.9 Å². The minimum Gasteiger partial charge on any atom is -0.393 e. The van der Waals surface area contributed by atoms with E-state index >= 15 is 0 Å². The van der Waals surface area contributed by atoms with Crippen molar-refractivity contribution in [2.24, 2.45) is 17.8 Å². The summed E-state index contributed by atoms with van der Waals surface area (Å²) in [5, 5.41) is 10.1. The van der Waals surface area contributed by atoms with Crippen LogP contribution < -0.4 is 0 Å². The fraction of sp³-hybridized carbons (Fsp3) is 1.00. The van der Waals surface area contributed by atoms with Crippen LogP contribution in [0.25, 0.3) is 0 Å². The summed E-state index contributed by atoms with van der Waals surface area (Å²) >= 11 is 0. The maximum Gasteiger partial charge on any atom is 0.147 e. The number of aliphatic hydroxyl groups excluding tert-OH is 1. The normalized spacial score (nSPS) is 35.5. The molecule has 94 valence electrons. The van der Waals surface area contributed by atoms with Gasteiger partial charge in [0.25, 0.3) is 0 Å². The molecule has 0 spiro atoms. The van der Waals surface area contributed by atoms with Crippen LogP contribution in [0.2, 0.25) is 0 Å². The third-order valence-corrected chi connectivity index (χ3v) is 5.33. The number of fused-ring (bicyclic) bond motifs is 2. The van der Waals surface area contributed by atoms with E-state index in [2.05, 4.69) is 0 Å². The lowest BCUT2D eigenvalue weighted by Gasteiger charge is -2.26. The largest absolute Gasteiger partial charge is 0.393 e. The fourth-order valence-electron chi connectivity index (χ4n) is 3.53.